The quantitative estimate of drug-likeness (QED) is 0.588. The van der Waals surface area contributed by atoms with Gasteiger partial charge in [0.05, 0.1) is 0 Å². The first-order chi connectivity index (χ1) is 5.35. The molecule has 0 heterocycles. The van der Waals surface area contributed by atoms with Crippen molar-refractivity contribution < 1.29 is 5.11 Å². The highest BCUT2D eigenvalue weighted by atomic mass is 16.3. The fourth-order valence-electron chi connectivity index (χ4n) is 1.29. The van der Waals surface area contributed by atoms with E-state index in [1.54, 1.807) is 0 Å². The third kappa shape index (κ3) is 6.32. The average molecular weight is 159 g/mol. The molecule has 0 aliphatic carbocycles. The smallest absolute Gasteiger partial charge is 0.0434 e. The van der Waals surface area contributed by atoms with Gasteiger partial charge in [0, 0.05) is 6.61 Å². The Morgan fingerprint density at radius 3 is 2.45 bits per heavy atom. The molecule has 2 heteroatoms. The molecule has 0 aliphatic heterocycles. The molecule has 0 bridgehead atoms. The van der Waals surface area contributed by atoms with E-state index in [4.69, 9.17) is 5.11 Å². The van der Waals surface area contributed by atoms with Gasteiger partial charge in [-0.15, -0.1) is 0 Å². The molecule has 0 aromatic heterocycles. The summed E-state index contributed by atoms with van der Waals surface area (Å²) in [6.07, 6.45) is 3.39. The van der Waals surface area contributed by atoms with E-state index < -0.39 is 0 Å². The molecule has 0 rings (SSSR count). The van der Waals surface area contributed by atoms with Crippen LogP contribution in [-0.2, 0) is 0 Å². The van der Waals surface area contributed by atoms with Crippen LogP contribution in [0.4, 0.5) is 0 Å². The maximum absolute atomic E-state index is 8.73. The van der Waals surface area contributed by atoms with Crippen LogP contribution in [0.3, 0.4) is 0 Å². The van der Waals surface area contributed by atoms with Crippen LogP contribution in [0.2, 0.25) is 0 Å². The second-order valence-corrected chi connectivity index (χ2v) is 2.97. The summed E-state index contributed by atoms with van der Waals surface area (Å²) in [5, 5.41) is 12.0. The predicted molar refractivity (Wildman–Crippen MR) is 48.6 cm³/mol. The molecule has 1 unspecified atom stereocenters. The van der Waals surface area contributed by atoms with Gasteiger partial charge in [-0.3, -0.25) is 0 Å². The Labute approximate surface area is 70.0 Å². The van der Waals surface area contributed by atoms with E-state index in [1.165, 1.54) is 12.8 Å². The van der Waals surface area contributed by atoms with Gasteiger partial charge in [-0.05, 0) is 31.8 Å². The highest BCUT2D eigenvalue weighted by molar-refractivity contribution is 4.60. The zero-order valence-corrected chi connectivity index (χ0v) is 7.77. The van der Waals surface area contributed by atoms with E-state index in [0.29, 0.717) is 12.5 Å². The minimum atomic E-state index is 0.329. The van der Waals surface area contributed by atoms with Crippen LogP contribution in [-0.4, -0.2) is 24.8 Å². The highest BCUT2D eigenvalue weighted by Gasteiger charge is 2.04. The molecule has 0 aromatic carbocycles. The zero-order valence-electron chi connectivity index (χ0n) is 7.77. The van der Waals surface area contributed by atoms with Crippen molar-refractivity contribution in [2.24, 2.45) is 5.92 Å². The predicted octanol–water partition coefficient (Wildman–Crippen LogP) is 1.39. The third-order valence-electron chi connectivity index (χ3n) is 1.92. The van der Waals surface area contributed by atoms with E-state index in [1.807, 2.05) is 0 Å². The molecule has 0 fully saturated rings. The summed E-state index contributed by atoms with van der Waals surface area (Å²) in [6.45, 7) is 6.73. The molecule has 0 saturated carbocycles. The summed E-state index contributed by atoms with van der Waals surface area (Å²) in [7, 11) is 0. The molecule has 0 aromatic rings. The minimum absolute atomic E-state index is 0.329. The number of hydrogen-bond donors (Lipinski definition) is 2. The van der Waals surface area contributed by atoms with Crippen LogP contribution < -0.4 is 5.32 Å². The number of aliphatic hydroxyl groups excluding tert-OH is 1. The molecule has 2 nitrogen and oxygen atoms in total. The Morgan fingerprint density at radius 1 is 1.27 bits per heavy atom. The van der Waals surface area contributed by atoms with E-state index in [-0.39, 0.29) is 0 Å². The fourth-order valence-corrected chi connectivity index (χ4v) is 1.29. The van der Waals surface area contributed by atoms with Crippen molar-refractivity contribution in [2.75, 3.05) is 19.7 Å². The van der Waals surface area contributed by atoms with E-state index in [0.717, 1.165) is 19.5 Å². The summed E-state index contributed by atoms with van der Waals surface area (Å²) in [5.41, 5.74) is 0. The first kappa shape index (κ1) is 10.9. The molecular weight excluding hydrogens is 138 g/mol. The number of hydrogen-bond acceptors (Lipinski definition) is 2. The molecule has 0 spiro atoms. The summed E-state index contributed by atoms with van der Waals surface area (Å²) in [4.78, 5) is 0. The first-order valence-corrected chi connectivity index (χ1v) is 4.66. The van der Waals surface area contributed by atoms with E-state index in [9.17, 15) is 0 Å². The summed E-state index contributed by atoms with van der Waals surface area (Å²) < 4.78 is 0. The van der Waals surface area contributed by atoms with Gasteiger partial charge in [-0.1, -0.05) is 20.3 Å². The van der Waals surface area contributed by atoms with Crippen molar-refractivity contribution in [1.29, 1.82) is 0 Å². The van der Waals surface area contributed by atoms with Crippen LogP contribution in [0.5, 0.6) is 0 Å². The minimum Gasteiger partial charge on any atom is -0.396 e. The Morgan fingerprint density at radius 2 is 2.00 bits per heavy atom. The molecule has 1 atom stereocenters. The lowest BCUT2D eigenvalue weighted by atomic mass is 10.0. The van der Waals surface area contributed by atoms with Crippen LogP contribution in [0.25, 0.3) is 0 Å². The normalized spacial score (nSPS) is 13.4. The van der Waals surface area contributed by atoms with Crippen molar-refractivity contribution in [1.82, 2.24) is 5.32 Å². The number of rotatable bonds is 7. The number of aliphatic hydroxyl groups is 1. The summed E-state index contributed by atoms with van der Waals surface area (Å²) in [6, 6.07) is 0. The molecule has 11 heavy (non-hydrogen) atoms. The van der Waals surface area contributed by atoms with Crippen LogP contribution >= 0.6 is 0 Å². The van der Waals surface area contributed by atoms with Crippen molar-refractivity contribution in [2.45, 2.75) is 33.1 Å². The SMILES string of the molecule is CCCC(CCO)CNCC. The average Bonchev–Trinajstić information content (AvgIpc) is 2.01. The van der Waals surface area contributed by atoms with Gasteiger partial charge in [0.1, 0.15) is 0 Å². The molecular formula is C9H21NO. The Bertz CT molecular complexity index is 70.0. The monoisotopic (exact) mass is 159 g/mol. The Kier molecular flexibility index (Phi) is 7.96. The second-order valence-electron chi connectivity index (χ2n) is 2.97. The fraction of sp³-hybridized carbons (Fsp3) is 1.00. The van der Waals surface area contributed by atoms with Gasteiger partial charge < -0.3 is 10.4 Å². The van der Waals surface area contributed by atoms with Gasteiger partial charge in [-0.25, -0.2) is 0 Å². The lowest BCUT2D eigenvalue weighted by molar-refractivity contribution is 0.248. The van der Waals surface area contributed by atoms with Crippen LogP contribution in [0.15, 0.2) is 0 Å². The van der Waals surface area contributed by atoms with Gasteiger partial charge in [-0.2, -0.15) is 0 Å². The topological polar surface area (TPSA) is 32.3 Å². The van der Waals surface area contributed by atoms with Gasteiger partial charge >= 0.3 is 0 Å². The Hall–Kier alpha value is -0.0800. The molecule has 0 saturated heterocycles. The Balaban J connectivity index is 3.34. The molecule has 68 valence electrons. The van der Waals surface area contributed by atoms with Gasteiger partial charge in [0.2, 0.25) is 0 Å². The molecule has 2 N–H and O–H groups in total. The van der Waals surface area contributed by atoms with E-state index in [2.05, 4.69) is 19.2 Å². The molecule has 0 radical (unpaired) electrons. The lowest BCUT2D eigenvalue weighted by Crippen LogP contribution is -2.23. The van der Waals surface area contributed by atoms with Crippen LogP contribution in [0, 0.1) is 5.92 Å². The highest BCUT2D eigenvalue weighted by Crippen LogP contribution is 2.08. The first-order valence-electron chi connectivity index (χ1n) is 4.66. The van der Waals surface area contributed by atoms with E-state index >= 15 is 0 Å². The van der Waals surface area contributed by atoms with Crippen molar-refractivity contribution >= 4 is 0 Å². The standard InChI is InChI=1S/C9H21NO/c1-3-5-9(6-7-11)8-10-4-2/h9-11H,3-8H2,1-2H3. The largest absolute Gasteiger partial charge is 0.396 e. The third-order valence-corrected chi connectivity index (χ3v) is 1.92. The second kappa shape index (κ2) is 8.02. The van der Waals surface area contributed by atoms with Crippen molar-refractivity contribution in [3.05, 3.63) is 0 Å². The summed E-state index contributed by atoms with van der Waals surface area (Å²) in [5.74, 6) is 0.671. The van der Waals surface area contributed by atoms with Gasteiger partial charge in [0.15, 0.2) is 0 Å². The maximum atomic E-state index is 8.73. The van der Waals surface area contributed by atoms with Crippen molar-refractivity contribution in [3.63, 3.8) is 0 Å². The summed E-state index contributed by atoms with van der Waals surface area (Å²) >= 11 is 0. The van der Waals surface area contributed by atoms with Crippen molar-refractivity contribution in [3.8, 4) is 0 Å². The lowest BCUT2D eigenvalue weighted by Gasteiger charge is -2.14. The number of nitrogens with one attached hydrogen (secondary N) is 1. The van der Waals surface area contributed by atoms with Crippen LogP contribution in [0.1, 0.15) is 33.1 Å². The molecule has 0 aliphatic rings. The zero-order chi connectivity index (χ0) is 8.53. The van der Waals surface area contributed by atoms with Gasteiger partial charge in [0.25, 0.3) is 0 Å². The maximum Gasteiger partial charge on any atom is 0.0434 e. The molecule has 0 amide bonds.